The first-order valence-electron chi connectivity index (χ1n) is 7.44. The van der Waals surface area contributed by atoms with Gasteiger partial charge in [-0.05, 0) is 12.1 Å². The van der Waals surface area contributed by atoms with Gasteiger partial charge in [-0.2, -0.15) is 13.2 Å². The van der Waals surface area contributed by atoms with Crippen LogP contribution in [0.3, 0.4) is 0 Å². The second kappa shape index (κ2) is 6.41. The van der Waals surface area contributed by atoms with Crippen molar-refractivity contribution in [1.29, 1.82) is 0 Å². The van der Waals surface area contributed by atoms with Crippen molar-refractivity contribution in [3.63, 3.8) is 0 Å². The molecule has 0 saturated heterocycles. The van der Waals surface area contributed by atoms with Crippen LogP contribution in [0.5, 0.6) is 5.75 Å². The molecule has 1 amide bonds. The zero-order chi connectivity index (χ0) is 21.0. The number of hydrogen-bond acceptors (Lipinski definition) is 5. The van der Waals surface area contributed by atoms with Gasteiger partial charge in [0.25, 0.3) is 11.5 Å². The number of aromatic nitrogens is 3. The van der Waals surface area contributed by atoms with E-state index in [2.05, 4.69) is 4.98 Å². The number of aliphatic carboxylic acids is 1. The number of nitrogens with one attached hydrogen (secondary N) is 1. The molecule has 3 aromatic rings. The van der Waals surface area contributed by atoms with Crippen molar-refractivity contribution in [2.75, 3.05) is 6.54 Å². The molecule has 13 heteroatoms. The van der Waals surface area contributed by atoms with Gasteiger partial charge in [0.1, 0.15) is 12.1 Å². The third-order valence-electron chi connectivity index (χ3n) is 3.89. The smallest absolute Gasteiger partial charge is 0.418 e. The van der Waals surface area contributed by atoms with Crippen LogP contribution >= 0.6 is 11.6 Å². The Labute approximate surface area is 157 Å². The zero-order valence-corrected chi connectivity index (χ0v) is 14.6. The molecule has 0 spiro atoms. The number of alkyl halides is 3. The summed E-state index contributed by atoms with van der Waals surface area (Å²) in [7, 11) is 1.14. The van der Waals surface area contributed by atoms with Crippen molar-refractivity contribution in [3.05, 3.63) is 38.6 Å². The third-order valence-corrected chi connectivity index (χ3v) is 4.11. The van der Waals surface area contributed by atoms with Crippen LogP contribution in [0.1, 0.15) is 15.9 Å². The van der Waals surface area contributed by atoms with E-state index in [1.807, 2.05) is 5.32 Å². The maximum absolute atomic E-state index is 13.3. The lowest BCUT2D eigenvalue weighted by Crippen LogP contribution is -2.36. The summed E-state index contributed by atoms with van der Waals surface area (Å²) in [6.45, 7) is -0.836. The number of nitrogens with zero attached hydrogens (tertiary/aromatic N) is 3. The van der Waals surface area contributed by atoms with Crippen molar-refractivity contribution in [2.24, 2.45) is 7.05 Å². The Bertz CT molecular complexity index is 1210. The van der Waals surface area contributed by atoms with Gasteiger partial charge in [-0.15, -0.1) is 0 Å². The summed E-state index contributed by atoms with van der Waals surface area (Å²) in [6.07, 6.45) is -4.82. The van der Waals surface area contributed by atoms with Gasteiger partial charge >= 0.3 is 12.1 Å². The number of rotatable bonds is 3. The number of carbonyl (C=O) groups excluding carboxylic acids is 1. The van der Waals surface area contributed by atoms with Gasteiger partial charge in [0.2, 0.25) is 0 Å². The van der Waals surface area contributed by atoms with Crippen LogP contribution in [0.15, 0.2) is 16.9 Å². The van der Waals surface area contributed by atoms with Crippen LogP contribution in [0.4, 0.5) is 13.2 Å². The number of amides is 1. The summed E-state index contributed by atoms with van der Waals surface area (Å²) < 4.78 is 41.6. The molecule has 0 aliphatic carbocycles. The number of carboxylic acids is 1. The van der Waals surface area contributed by atoms with E-state index in [9.17, 15) is 32.7 Å². The normalized spacial score (nSPS) is 11.9. The lowest BCUT2D eigenvalue weighted by molar-refractivity contribution is -0.137. The maximum atomic E-state index is 13.3. The first-order valence-corrected chi connectivity index (χ1v) is 7.82. The molecule has 2 heterocycles. The van der Waals surface area contributed by atoms with E-state index in [-0.39, 0.29) is 10.5 Å². The quantitative estimate of drug-likeness (QED) is 0.590. The summed E-state index contributed by atoms with van der Waals surface area (Å²) >= 11 is 5.76. The van der Waals surface area contributed by atoms with Crippen molar-refractivity contribution in [3.8, 4) is 5.75 Å². The van der Waals surface area contributed by atoms with Gasteiger partial charge in [0, 0.05) is 12.1 Å². The lowest BCUT2D eigenvalue weighted by Gasteiger charge is -2.11. The van der Waals surface area contributed by atoms with Crippen LogP contribution in [-0.2, 0) is 18.0 Å². The van der Waals surface area contributed by atoms with E-state index in [0.717, 1.165) is 22.3 Å². The number of aromatic hydroxyl groups is 1. The highest BCUT2D eigenvalue weighted by Crippen LogP contribution is 2.37. The SMILES string of the molecule is Cn1c(=O)c(C(=O)NCC(=O)O)c(O)c2nc3c(C(F)(F)F)cc(Cl)cc3n21. The predicted molar refractivity (Wildman–Crippen MR) is 89.6 cm³/mol. The minimum Gasteiger partial charge on any atom is -0.504 e. The Morgan fingerprint density at radius 3 is 2.54 bits per heavy atom. The Hall–Kier alpha value is -3.28. The first-order chi connectivity index (χ1) is 12.9. The number of carboxylic acid groups (broad SMARTS) is 1. The second-order valence-electron chi connectivity index (χ2n) is 5.69. The summed E-state index contributed by atoms with van der Waals surface area (Å²) in [5, 5.41) is 20.6. The number of imidazole rings is 1. The average molecular weight is 419 g/mol. The molecule has 0 fully saturated rings. The summed E-state index contributed by atoms with van der Waals surface area (Å²) in [4.78, 5) is 38.9. The van der Waals surface area contributed by atoms with Crippen LogP contribution in [0.2, 0.25) is 5.02 Å². The van der Waals surface area contributed by atoms with Crippen LogP contribution in [-0.4, -0.2) is 42.8 Å². The van der Waals surface area contributed by atoms with E-state index in [0.29, 0.717) is 6.07 Å². The van der Waals surface area contributed by atoms with E-state index >= 15 is 0 Å². The molecule has 28 heavy (non-hydrogen) atoms. The lowest BCUT2D eigenvalue weighted by atomic mass is 10.2. The molecule has 1 aromatic carbocycles. The fourth-order valence-corrected chi connectivity index (χ4v) is 2.93. The highest BCUT2D eigenvalue weighted by Gasteiger charge is 2.35. The number of aryl methyl sites for hydroxylation is 1. The molecule has 2 aromatic heterocycles. The van der Waals surface area contributed by atoms with Crippen molar-refractivity contribution in [2.45, 2.75) is 6.18 Å². The zero-order valence-electron chi connectivity index (χ0n) is 13.8. The van der Waals surface area contributed by atoms with E-state index in [1.54, 1.807) is 0 Å². The molecule has 0 unspecified atom stereocenters. The summed E-state index contributed by atoms with van der Waals surface area (Å²) in [6, 6.07) is 1.77. The third kappa shape index (κ3) is 3.01. The van der Waals surface area contributed by atoms with Crippen molar-refractivity contribution in [1.82, 2.24) is 19.5 Å². The minimum absolute atomic E-state index is 0.220. The average Bonchev–Trinajstić information content (AvgIpc) is 2.96. The molecule has 0 bridgehead atoms. The molecule has 0 saturated carbocycles. The highest BCUT2D eigenvalue weighted by atomic mass is 35.5. The van der Waals surface area contributed by atoms with Crippen molar-refractivity contribution >= 4 is 40.2 Å². The molecule has 0 aliphatic heterocycles. The second-order valence-corrected chi connectivity index (χ2v) is 6.13. The molecule has 148 valence electrons. The van der Waals surface area contributed by atoms with E-state index in [4.69, 9.17) is 16.7 Å². The van der Waals surface area contributed by atoms with Crippen molar-refractivity contribution < 1.29 is 33.0 Å². The maximum Gasteiger partial charge on any atom is 0.418 e. The Morgan fingerprint density at radius 1 is 1.32 bits per heavy atom. The molecule has 0 aliphatic rings. The summed E-state index contributed by atoms with van der Waals surface area (Å²) in [5.74, 6) is -3.61. The summed E-state index contributed by atoms with van der Waals surface area (Å²) in [5.41, 5.74) is -4.45. The monoisotopic (exact) mass is 418 g/mol. The molecular formula is C15H10ClF3N4O5. The van der Waals surface area contributed by atoms with E-state index in [1.165, 1.54) is 0 Å². The fraction of sp³-hybridized carbons (Fsp3) is 0.200. The fourth-order valence-electron chi connectivity index (χ4n) is 2.72. The first kappa shape index (κ1) is 19.5. The van der Waals surface area contributed by atoms with Gasteiger partial charge < -0.3 is 15.5 Å². The number of hydrogen-bond donors (Lipinski definition) is 3. The molecule has 3 N–H and O–H groups in total. The Balaban J connectivity index is 2.39. The molecule has 3 rings (SSSR count). The number of fused-ring (bicyclic) bond motifs is 3. The molecule has 0 radical (unpaired) electrons. The highest BCUT2D eigenvalue weighted by molar-refractivity contribution is 6.31. The van der Waals surface area contributed by atoms with Gasteiger partial charge in [0.05, 0.1) is 11.1 Å². The number of halogens is 4. The van der Waals surface area contributed by atoms with Gasteiger partial charge in [-0.3, -0.25) is 14.4 Å². The van der Waals surface area contributed by atoms with E-state index < -0.39 is 58.2 Å². The Kier molecular flexibility index (Phi) is 4.46. The largest absolute Gasteiger partial charge is 0.504 e. The topological polar surface area (TPSA) is 126 Å². The molecule has 0 atom stereocenters. The van der Waals surface area contributed by atoms with Gasteiger partial charge in [-0.25, -0.2) is 14.2 Å². The standard InChI is InChI=1S/C15H10ClF3N4O5/c1-22-14(28)9(13(27)20-4-8(24)25)11(26)12-21-10-6(15(17,18)19)2-5(16)3-7(10)23(12)22/h2-3,26H,4H2,1H3,(H,20,27)(H,24,25). The minimum atomic E-state index is -4.82. The predicted octanol–water partition coefficient (Wildman–Crippen LogP) is 1.38. The molecule has 9 nitrogen and oxygen atoms in total. The molecular weight excluding hydrogens is 409 g/mol. The van der Waals surface area contributed by atoms with Crippen LogP contribution in [0, 0.1) is 0 Å². The van der Waals surface area contributed by atoms with Crippen LogP contribution < -0.4 is 10.9 Å². The van der Waals surface area contributed by atoms with Gasteiger partial charge in [-0.1, -0.05) is 11.6 Å². The van der Waals surface area contributed by atoms with Gasteiger partial charge in [0.15, 0.2) is 17.0 Å². The number of benzene rings is 1. The Morgan fingerprint density at radius 2 is 1.96 bits per heavy atom. The van der Waals surface area contributed by atoms with Crippen LogP contribution in [0.25, 0.3) is 16.7 Å². The number of carbonyl (C=O) groups is 2.